The standard InChI is InChI=1S/C46H58N10O16S2/c1-7-53(37(62)42(69)70)20-19-47-43(71)50-25(23-15-11-9-12-16-23)31(57)48-27(33-52-29(40(65)66)45(3,4)73-33)34(59)56-30(41(67)68)46(5,6)74-38(56)28(39(63)64)49-32(58)26(24-17-13-10-14-18-24)51-44(72)55-22-21-54(8-2)35(60)36(55)61/h9-18,25-30,33,38,52H,7-8,19-22H2,1-6H3,(H,48,57)(H,49,58)(H,51,72)(H,63,64)(H,65,66)(H,67,68)(H,69,70)(H2,47,50,71)/t25-,26-,27+,28+,29+,30+,33?,38?/m1/s1. The molecule has 2 aromatic carbocycles. The summed E-state index contributed by atoms with van der Waals surface area (Å²) < 4.78 is -2.78. The zero-order chi connectivity index (χ0) is 55.0. The van der Waals surface area contributed by atoms with Crippen LogP contribution in [-0.4, -0.2) is 195 Å². The number of benzene rings is 2. The van der Waals surface area contributed by atoms with Crippen molar-refractivity contribution >= 4 is 94.9 Å². The number of carboxylic acid groups (broad SMARTS) is 4. The SMILES string of the molecule is CCN(CCNC(=O)N[C@@H](C(=O)N[C@H](C(=O)N1C([C@H](NC(=O)[C@H](NC(=O)N2CCN(CC)C(=O)C2=O)c2ccccc2)C(=O)O)SC(C)(C)[C@@H]1C(=O)O)C1N[C@@H](C(=O)O)C(C)(C)S1)c1ccccc1)C(=O)C(=O)O. The van der Waals surface area contributed by atoms with Gasteiger partial charge in [-0.15, -0.1) is 23.5 Å². The van der Waals surface area contributed by atoms with Crippen LogP contribution in [0, 0.1) is 0 Å². The highest BCUT2D eigenvalue weighted by Gasteiger charge is 2.60. The number of carboxylic acids is 4. The van der Waals surface area contributed by atoms with Gasteiger partial charge in [-0.1, -0.05) is 60.7 Å². The minimum absolute atomic E-state index is 0.00958. The molecule has 28 heteroatoms. The Morgan fingerprint density at radius 1 is 0.716 bits per heavy atom. The molecule has 0 saturated carbocycles. The molecule has 0 aromatic heterocycles. The maximum absolute atomic E-state index is 15.5. The van der Waals surface area contributed by atoms with E-state index in [9.17, 15) is 68.1 Å². The van der Waals surface area contributed by atoms with E-state index in [1.54, 1.807) is 19.1 Å². The van der Waals surface area contributed by atoms with Crippen molar-refractivity contribution in [3.05, 3.63) is 71.8 Å². The van der Waals surface area contributed by atoms with Crippen LogP contribution in [0.3, 0.4) is 0 Å². The molecule has 0 aliphatic carbocycles. The van der Waals surface area contributed by atoms with E-state index in [1.807, 2.05) is 0 Å². The van der Waals surface area contributed by atoms with Gasteiger partial charge in [0.05, 0.1) is 5.37 Å². The predicted octanol–water partition coefficient (Wildman–Crippen LogP) is -0.817. The normalized spacial score (nSPS) is 21.5. The molecular formula is C46H58N10O16S2. The Balaban J connectivity index is 1.53. The third-order valence-electron chi connectivity index (χ3n) is 12.3. The molecule has 3 saturated heterocycles. The van der Waals surface area contributed by atoms with Gasteiger partial charge in [0, 0.05) is 48.8 Å². The number of aliphatic carboxylic acids is 4. The van der Waals surface area contributed by atoms with E-state index in [1.165, 1.54) is 88.0 Å². The largest absolute Gasteiger partial charge is 0.480 e. The van der Waals surface area contributed by atoms with Gasteiger partial charge in [-0.3, -0.25) is 43.8 Å². The van der Waals surface area contributed by atoms with Crippen LogP contribution < -0.4 is 31.9 Å². The van der Waals surface area contributed by atoms with Gasteiger partial charge in [0.25, 0.3) is 0 Å². The maximum Gasteiger partial charge on any atom is 0.394 e. The second-order valence-electron chi connectivity index (χ2n) is 18.1. The molecule has 0 spiro atoms. The van der Waals surface area contributed by atoms with Crippen LogP contribution in [0.1, 0.15) is 64.8 Å². The zero-order valence-electron chi connectivity index (χ0n) is 40.9. The number of carbonyl (C=O) groups excluding carboxylic acids is 8. The van der Waals surface area contributed by atoms with Crippen LogP contribution in [0.4, 0.5) is 9.59 Å². The summed E-state index contributed by atoms with van der Waals surface area (Å²) in [7, 11) is 0. The van der Waals surface area contributed by atoms with Crippen LogP contribution in [0.2, 0.25) is 0 Å². The average molecular weight is 1070 g/mol. The van der Waals surface area contributed by atoms with E-state index in [2.05, 4.69) is 31.9 Å². The molecule has 26 nitrogen and oxygen atoms in total. The molecule has 74 heavy (non-hydrogen) atoms. The van der Waals surface area contributed by atoms with Crippen molar-refractivity contribution in [2.45, 2.75) is 98.0 Å². The molecule has 400 valence electrons. The lowest BCUT2D eigenvalue weighted by atomic mass is 9.99. The molecule has 0 radical (unpaired) electrons. The number of nitrogens with zero attached hydrogens (tertiary/aromatic N) is 4. The first-order valence-corrected chi connectivity index (χ1v) is 24.8. The fraction of sp³-hybridized carbons (Fsp3) is 0.478. The highest BCUT2D eigenvalue weighted by molar-refractivity contribution is 8.02. The molecule has 8 atom stereocenters. The van der Waals surface area contributed by atoms with E-state index >= 15 is 4.79 Å². The van der Waals surface area contributed by atoms with E-state index < -0.39 is 128 Å². The molecule has 2 unspecified atom stereocenters. The molecule has 2 aromatic rings. The molecule has 10 N–H and O–H groups in total. The molecule has 3 heterocycles. The zero-order valence-corrected chi connectivity index (χ0v) is 42.6. The van der Waals surface area contributed by atoms with Gasteiger partial charge < -0.3 is 61.7 Å². The summed E-state index contributed by atoms with van der Waals surface area (Å²) in [6, 6.07) is 1.91. The lowest BCUT2D eigenvalue weighted by Gasteiger charge is -2.37. The number of piperazine rings is 1. The Morgan fingerprint density at radius 3 is 1.76 bits per heavy atom. The summed E-state index contributed by atoms with van der Waals surface area (Å²) in [5.74, 6) is -13.5. The Labute approximate surface area is 432 Å². The summed E-state index contributed by atoms with van der Waals surface area (Å²) in [4.78, 5) is 163. The third kappa shape index (κ3) is 13.0. The fourth-order valence-electron chi connectivity index (χ4n) is 8.58. The smallest absolute Gasteiger partial charge is 0.394 e. The van der Waals surface area contributed by atoms with Gasteiger partial charge in [-0.05, 0) is 52.7 Å². The molecule has 3 fully saturated rings. The minimum atomic E-state index is -2.19. The summed E-state index contributed by atoms with van der Waals surface area (Å²) in [5, 5.41) is 52.9. The quantitative estimate of drug-likeness (QED) is 0.0769. The first kappa shape index (κ1) is 57.4. The van der Waals surface area contributed by atoms with Crippen LogP contribution in [0.15, 0.2) is 60.7 Å². The molecule has 0 bridgehead atoms. The second kappa shape index (κ2) is 24.1. The molecule has 5 rings (SSSR count). The molecule has 10 amide bonds. The first-order chi connectivity index (χ1) is 34.8. The average Bonchev–Trinajstić information content (AvgIpc) is 3.83. The van der Waals surface area contributed by atoms with Gasteiger partial charge >= 0.3 is 53.7 Å². The first-order valence-electron chi connectivity index (χ1n) is 23.1. The van der Waals surface area contributed by atoms with Crippen molar-refractivity contribution < 1.29 is 78.0 Å². The van der Waals surface area contributed by atoms with E-state index in [0.717, 1.165) is 16.7 Å². The van der Waals surface area contributed by atoms with Crippen LogP contribution in [0.5, 0.6) is 0 Å². The molecular weight excluding hydrogens is 1010 g/mol. The Bertz CT molecular complexity index is 2540. The Morgan fingerprint density at radius 2 is 1.27 bits per heavy atom. The number of rotatable bonds is 19. The van der Waals surface area contributed by atoms with Crippen molar-refractivity contribution in [1.29, 1.82) is 0 Å². The van der Waals surface area contributed by atoms with E-state index in [0.29, 0.717) is 21.6 Å². The topological polar surface area (TPSA) is 371 Å². The summed E-state index contributed by atoms with van der Waals surface area (Å²) >= 11 is 1.55. The van der Waals surface area contributed by atoms with Gasteiger partial charge in [-0.2, -0.15) is 0 Å². The fourth-order valence-corrected chi connectivity index (χ4v) is 11.7. The monoisotopic (exact) mass is 1070 g/mol. The van der Waals surface area contributed by atoms with Crippen molar-refractivity contribution in [2.24, 2.45) is 0 Å². The van der Waals surface area contributed by atoms with Crippen LogP contribution in [-0.2, 0) is 47.9 Å². The molecule has 3 aliphatic rings. The summed E-state index contributed by atoms with van der Waals surface area (Å²) in [5.41, 5.74) is 0.226. The Hall–Kier alpha value is -7.46. The molecule has 3 aliphatic heterocycles. The number of imide groups is 1. The van der Waals surface area contributed by atoms with Crippen molar-refractivity contribution in [3.8, 4) is 0 Å². The number of amides is 10. The number of likely N-dealkylation sites (N-methyl/N-ethyl adjacent to an activating group) is 2. The number of thioether (sulfide) groups is 2. The second-order valence-corrected chi connectivity index (χ2v) is 21.6. The van der Waals surface area contributed by atoms with Crippen LogP contribution in [0.25, 0.3) is 0 Å². The van der Waals surface area contributed by atoms with E-state index in [-0.39, 0.29) is 50.4 Å². The number of hydrogen-bond acceptors (Lipinski definition) is 15. The maximum atomic E-state index is 15.5. The number of hydrogen-bond donors (Lipinski definition) is 10. The lowest BCUT2D eigenvalue weighted by Crippen LogP contribution is -2.65. The van der Waals surface area contributed by atoms with Gasteiger partial charge in [0.15, 0.2) is 6.04 Å². The van der Waals surface area contributed by atoms with Gasteiger partial charge in [-0.25, -0.2) is 24.0 Å². The number of nitrogens with one attached hydrogen (secondary N) is 6. The van der Waals surface area contributed by atoms with Crippen molar-refractivity contribution in [3.63, 3.8) is 0 Å². The lowest BCUT2D eigenvalue weighted by molar-refractivity contribution is -0.155. The van der Waals surface area contributed by atoms with Crippen molar-refractivity contribution in [2.75, 3.05) is 39.3 Å². The summed E-state index contributed by atoms with van der Waals surface area (Å²) in [6.45, 7) is 8.40. The highest BCUT2D eigenvalue weighted by Crippen LogP contribution is 2.47. The highest BCUT2D eigenvalue weighted by atomic mass is 32.2. The minimum Gasteiger partial charge on any atom is -0.480 e. The number of urea groups is 2. The van der Waals surface area contributed by atoms with Gasteiger partial charge in [0.1, 0.15) is 35.6 Å². The van der Waals surface area contributed by atoms with Crippen LogP contribution >= 0.6 is 23.5 Å². The third-order valence-corrected chi connectivity index (χ3v) is 15.4. The summed E-state index contributed by atoms with van der Waals surface area (Å²) in [6.07, 6.45) is 0. The predicted molar refractivity (Wildman–Crippen MR) is 263 cm³/mol. The number of carbonyl (C=O) groups is 12. The van der Waals surface area contributed by atoms with Crippen molar-refractivity contribution in [1.82, 2.24) is 51.5 Å². The van der Waals surface area contributed by atoms with E-state index in [4.69, 9.17) is 5.11 Å². The Kier molecular flexibility index (Phi) is 18.7. The van der Waals surface area contributed by atoms with Gasteiger partial charge in [0.2, 0.25) is 17.7 Å².